The Hall–Kier alpha value is -3.07. The molecule has 26 heavy (non-hydrogen) atoms. The molecule has 0 aliphatic carbocycles. The largest absolute Gasteiger partial charge is 0.469 e. The number of para-hydroxylation sites is 1. The minimum atomic E-state index is -0.722. The summed E-state index contributed by atoms with van der Waals surface area (Å²) in [6, 6.07) is 8.74. The van der Waals surface area contributed by atoms with Gasteiger partial charge >= 0.3 is 5.97 Å². The number of rotatable bonds is 5. The van der Waals surface area contributed by atoms with Crippen molar-refractivity contribution in [2.75, 3.05) is 13.4 Å². The Balaban J connectivity index is 2.41. The Kier molecular flexibility index (Phi) is 4.81. The second-order valence-corrected chi connectivity index (χ2v) is 6.19. The smallest absolute Gasteiger partial charge is 0.313 e. The molecule has 0 spiro atoms. The van der Waals surface area contributed by atoms with Gasteiger partial charge in [0, 0.05) is 0 Å². The summed E-state index contributed by atoms with van der Waals surface area (Å²) in [5, 5.41) is 0.547. The van der Waals surface area contributed by atoms with Crippen molar-refractivity contribution in [2.24, 2.45) is 5.73 Å². The maximum atomic E-state index is 13.2. The van der Waals surface area contributed by atoms with Crippen LogP contribution in [0.25, 0.3) is 16.7 Å². The summed E-state index contributed by atoms with van der Waals surface area (Å²) in [6.45, 7) is 0. The zero-order valence-electron chi connectivity index (χ0n) is 14.1. The van der Waals surface area contributed by atoms with Crippen LogP contribution in [0.1, 0.15) is 16.2 Å². The van der Waals surface area contributed by atoms with Gasteiger partial charge in [-0.2, -0.15) is 0 Å². The van der Waals surface area contributed by atoms with Crippen LogP contribution in [0.4, 0.5) is 0 Å². The molecule has 0 atom stereocenters. The van der Waals surface area contributed by atoms with Crippen molar-refractivity contribution in [2.45, 2.75) is 11.4 Å². The lowest BCUT2D eigenvalue weighted by molar-refractivity contribution is -0.139. The number of nitrogens with two attached hydrogens (primary N) is 1. The topological polar surface area (TPSA) is 120 Å². The lowest BCUT2D eigenvalue weighted by atomic mass is 10.2. The first-order valence-corrected chi connectivity index (χ1v) is 8.84. The molecule has 3 rings (SSSR count). The molecule has 0 saturated heterocycles. The lowest BCUT2D eigenvalue weighted by Gasteiger charge is -2.12. The fraction of sp³-hybridized carbons (Fsp3) is 0.176. The van der Waals surface area contributed by atoms with Crippen LogP contribution in [0.2, 0.25) is 0 Å². The number of carbonyl (C=O) groups is 2. The van der Waals surface area contributed by atoms with Crippen LogP contribution >= 0.6 is 11.8 Å². The van der Waals surface area contributed by atoms with Crippen molar-refractivity contribution in [3.8, 4) is 5.69 Å². The summed E-state index contributed by atoms with van der Waals surface area (Å²) < 4.78 is 6.00. The Bertz CT molecular complexity index is 1060. The van der Waals surface area contributed by atoms with Gasteiger partial charge in [-0.25, -0.2) is 4.98 Å². The normalized spacial score (nSPS) is 10.8. The third-order valence-electron chi connectivity index (χ3n) is 3.86. The molecule has 2 aromatic heterocycles. The van der Waals surface area contributed by atoms with E-state index in [9.17, 15) is 14.4 Å². The monoisotopic (exact) mass is 372 g/mol. The van der Waals surface area contributed by atoms with E-state index in [1.807, 2.05) is 0 Å². The van der Waals surface area contributed by atoms with Gasteiger partial charge in [-0.1, -0.05) is 18.2 Å². The molecule has 2 heterocycles. The van der Waals surface area contributed by atoms with E-state index >= 15 is 0 Å². The molecular weight excluding hydrogens is 356 g/mol. The number of thioether (sulfide) groups is 1. The number of fused-ring (bicyclic) bond motifs is 1. The number of esters is 1. The number of hydrogen-bond acceptors (Lipinski definition) is 6. The predicted octanol–water partition coefficient (Wildman–Crippen LogP) is 1.25. The number of ether oxygens (including phenoxy) is 1. The third kappa shape index (κ3) is 2.97. The van der Waals surface area contributed by atoms with E-state index in [0.29, 0.717) is 10.7 Å². The van der Waals surface area contributed by atoms with Gasteiger partial charge in [-0.15, -0.1) is 11.8 Å². The minimum Gasteiger partial charge on any atom is -0.469 e. The van der Waals surface area contributed by atoms with E-state index < -0.39 is 17.4 Å². The molecular formula is C17H16N4O4S. The molecule has 0 fully saturated rings. The van der Waals surface area contributed by atoms with Crippen molar-refractivity contribution in [1.82, 2.24) is 14.5 Å². The van der Waals surface area contributed by atoms with Crippen molar-refractivity contribution >= 4 is 34.7 Å². The van der Waals surface area contributed by atoms with Gasteiger partial charge in [0.1, 0.15) is 17.9 Å². The maximum absolute atomic E-state index is 13.2. The Labute approximate surface area is 152 Å². The fourth-order valence-electron chi connectivity index (χ4n) is 2.72. The molecule has 0 aliphatic heterocycles. The highest BCUT2D eigenvalue weighted by Crippen LogP contribution is 2.26. The molecule has 9 heteroatoms. The number of nitrogens with zero attached hydrogens (tertiary/aromatic N) is 2. The van der Waals surface area contributed by atoms with Crippen LogP contribution < -0.4 is 11.3 Å². The molecule has 1 aromatic carbocycles. The van der Waals surface area contributed by atoms with Crippen molar-refractivity contribution in [3.05, 3.63) is 52.1 Å². The average Bonchev–Trinajstić information content (AvgIpc) is 3.01. The second kappa shape index (κ2) is 7.04. The molecule has 0 unspecified atom stereocenters. The summed E-state index contributed by atoms with van der Waals surface area (Å²) in [4.78, 5) is 44.2. The quantitative estimate of drug-likeness (QED) is 0.514. The number of aromatic nitrogens is 3. The van der Waals surface area contributed by atoms with E-state index in [2.05, 4.69) is 9.97 Å². The lowest BCUT2D eigenvalue weighted by Crippen LogP contribution is -2.27. The highest BCUT2D eigenvalue weighted by Gasteiger charge is 2.24. The first-order valence-electron chi connectivity index (χ1n) is 7.61. The number of primary amides is 1. The molecule has 134 valence electrons. The van der Waals surface area contributed by atoms with Gasteiger partial charge < -0.3 is 15.5 Å². The minimum absolute atomic E-state index is 0.0966. The zero-order chi connectivity index (χ0) is 18.8. The second-order valence-electron chi connectivity index (χ2n) is 5.38. The first kappa shape index (κ1) is 17.7. The SMILES string of the molecule is COC(=O)Cc1nc2[nH]c(SC)c(C(N)=O)c2c(=O)n1-c1ccccc1. The van der Waals surface area contributed by atoms with Gasteiger partial charge in [0.05, 0.1) is 28.8 Å². The third-order valence-corrected chi connectivity index (χ3v) is 4.57. The number of carbonyl (C=O) groups excluding carboxylic acids is 2. The first-order chi connectivity index (χ1) is 12.5. The Morgan fingerprint density at radius 1 is 1.31 bits per heavy atom. The van der Waals surface area contributed by atoms with Gasteiger partial charge in [0.15, 0.2) is 0 Å². The van der Waals surface area contributed by atoms with Crippen molar-refractivity contribution in [3.63, 3.8) is 0 Å². The summed E-state index contributed by atoms with van der Waals surface area (Å²) in [5.74, 6) is -1.06. The highest BCUT2D eigenvalue weighted by molar-refractivity contribution is 7.98. The van der Waals surface area contributed by atoms with E-state index in [1.54, 1.807) is 36.6 Å². The predicted molar refractivity (Wildman–Crippen MR) is 97.7 cm³/mol. The standard InChI is InChI=1S/C17H16N4O4S/c1-25-11(22)8-10-19-15-13(12(14(18)23)16(20-15)26-2)17(24)21(10)9-6-4-3-5-7-9/h3-7,20H,8H2,1-2H3,(H2,18,23). The van der Waals surface area contributed by atoms with Gasteiger partial charge in [-0.05, 0) is 18.4 Å². The molecule has 3 aromatic rings. The summed E-state index contributed by atoms with van der Waals surface area (Å²) in [6.07, 6.45) is 1.55. The number of amides is 1. The number of aromatic amines is 1. The van der Waals surface area contributed by atoms with Crippen LogP contribution in [0.5, 0.6) is 0 Å². The summed E-state index contributed by atoms with van der Waals surface area (Å²) in [5.41, 5.74) is 5.82. The Morgan fingerprint density at radius 2 is 2.00 bits per heavy atom. The average molecular weight is 372 g/mol. The van der Waals surface area contributed by atoms with Crippen LogP contribution in [-0.2, 0) is 16.0 Å². The number of hydrogen-bond donors (Lipinski definition) is 2. The van der Waals surface area contributed by atoms with Crippen molar-refractivity contribution < 1.29 is 14.3 Å². The van der Waals surface area contributed by atoms with Crippen molar-refractivity contribution in [1.29, 1.82) is 0 Å². The Morgan fingerprint density at radius 3 is 2.58 bits per heavy atom. The number of benzene rings is 1. The van der Waals surface area contributed by atoms with Crippen LogP contribution in [0, 0.1) is 0 Å². The van der Waals surface area contributed by atoms with E-state index in [0.717, 1.165) is 0 Å². The molecule has 0 aliphatic rings. The molecule has 3 N–H and O–H groups in total. The van der Waals surface area contributed by atoms with E-state index in [-0.39, 0.29) is 28.8 Å². The number of nitrogens with one attached hydrogen (secondary N) is 1. The molecule has 0 bridgehead atoms. The van der Waals surface area contributed by atoms with Crippen LogP contribution in [-0.4, -0.2) is 39.8 Å². The van der Waals surface area contributed by atoms with Crippen LogP contribution in [0.15, 0.2) is 40.2 Å². The molecule has 1 amide bonds. The van der Waals surface area contributed by atoms with E-state index in [4.69, 9.17) is 10.5 Å². The summed E-state index contributed by atoms with van der Waals surface area (Å²) >= 11 is 1.25. The number of methoxy groups -OCH3 is 1. The van der Waals surface area contributed by atoms with Gasteiger partial charge in [-0.3, -0.25) is 19.0 Å². The van der Waals surface area contributed by atoms with Gasteiger partial charge in [0.2, 0.25) is 0 Å². The highest BCUT2D eigenvalue weighted by atomic mass is 32.2. The molecule has 0 saturated carbocycles. The zero-order valence-corrected chi connectivity index (χ0v) is 14.9. The van der Waals surface area contributed by atoms with Gasteiger partial charge in [0.25, 0.3) is 11.5 Å². The van der Waals surface area contributed by atoms with E-state index in [1.165, 1.54) is 23.4 Å². The maximum Gasteiger partial charge on any atom is 0.313 e. The number of H-pyrrole nitrogens is 1. The fourth-order valence-corrected chi connectivity index (χ4v) is 3.32. The molecule has 8 nitrogen and oxygen atoms in total. The summed E-state index contributed by atoms with van der Waals surface area (Å²) in [7, 11) is 1.26. The molecule has 0 radical (unpaired) electrons. The van der Waals surface area contributed by atoms with Crippen LogP contribution in [0.3, 0.4) is 0 Å².